The van der Waals surface area contributed by atoms with E-state index >= 15 is 0 Å². The third-order valence-electron chi connectivity index (χ3n) is 3.16. The third kappa shape index (κ3) is 3.97. The maximum absolute atomic E-state index is 12.3. The average Bonchev–Trinajstić information content (AvgIpc) is 3.19. The van der Waals surface area contributed by atoms with Gasteiger partial charge in [-0.2, -0.15) is 5.10 Å². The fraction of sp³-hybridized carbons (Fsp3) is 0.214. The van der Waals surface area contributed by atoms with Crippen LogP contribution in [0.5, 0.6) is 0 Å². The van der Waals surface area contributed by atoms with Gasteiger partial charge in [0.25, 0.3) is 6.43 Å². The summed E-state index contributed by atoms with van der Waals surface area (Å²) in [5, 5.41) is 17.2. The Balaban J connectivity index is 1.57. The summed E-state index contributed by atoms with van der Waals surface area (Å²) in [4.78, 5) is 12.0. The Morgan fingerprint density at radius 2 is 2.04 bits per heavy atom. The van der Waals surface area contributed by atoms with Crippen molar-refractivity contribution < 1.29 is 13.6 Å². The zero-order valence-corrected chi connectivity index (χ0v) is 12.4. The lowest BCUT2D eigenvalue weighted by molar-refractivity contribution is -0.115. The monoisotopic (exact) mass is 333 g/mol. The summed E-state index contributed by atoms with van der Waals surface area (Å²) in [7, 11) is 0. The lowest BCUT2D eigenvalue weighted by Gasteiger charge is -2.04. The average molecular weight is 333 g/mol. The number of carbonyl (C=O) groups is 1. The first-order valence-corrected chi connectivity index (χ1v) is 7.03. The molecule has 0 saturated heterocycles. The number of halogens is 2. The van der Waals surface area contributed by atoms with E-state index in [9.17, 15) is 13.6 Å². The second-order valence-corrected chi connectivity index (χ2v) is 4.99. The van der Waals surface area contributed by atoms with E-state index in [0.717, 1.165) is 15.9 Å². The Bertz CT molecular complexity index is 799. The molecule has 0 fully saturated rings. The second kappa shape index (κ2) is 6.94. The number of hydrogen-bond acceptors (Lipinski definition) is 5. The largest absolute Gasteiger partial charge is 0.323 e. The Hall–Kier alpha value is -3.17. The van der Waals surface area contributed by atoms with Crippen molar-refractivity contribution in [2.24, 2.45) is 0 Å². The number of benzene rings is 1. The molecule has 0 saturated carbocycles. The molecule has 0 unspecified atom stereocenters. The number of carbonyl (C=O) groups excluding carboxylic acids is 1. The van der Waals surface area contributed by atoms with E-state index in [4.69, 9.17) is 0 Å². The molecular formula is C14H13F2N7O. The van der Waals surface area contributed by atoms with Gasteiger partial charge in [0.05, 0.1) is 24.0 Å². The van der Waals surface area contributed by atoms with Crippen molar-refractivity contribution in [2.75, 3.05) is 5.32 Å². The van der Waals surface area contributed by atoms with Crippen molar-refractivity contribution in [3.63, 3.8) is 0 Å². The van der Waals surface area contributed by atoms with Gasteiger partial charge in [-0.05, 0) is 28.1 Å². The smallest absolute Gasteiger partial charge is 0.257 e. The maximum atomic E-state index is 12.3. The number of amides is 1. The highest BCUT2D eigenvalue weighted by molar-refractivity contribution is 5.92. The highest BCUT2D eigenvalue weighted by Crippen LogP contribution is 2.11. The Morgan fingerprint density at radius 1 is 1.25 bits per heavy atom. The summed E-state index contributed by atoms with van der Waals surface area (Å²) < 4.78 is 27.1. The highest BCUT2D eigenvalue weighted by Gasteiger charge is 2.09. The van der Waals surface area contributed by atoms with Gasteiger partial charge in [-0.25, -0.2) is 13.5 Å². The van der Waals surface area contributed by atoms with Crippen LogP contribution in [0, 0.1) is 0 Å². The first-order chi connectivity index (χ1) is 11.6. The van der Waals surface area contributed by atoms with Gasteiger partial charge in [-0.1, -0.05) is 12.1 Å². The van der Waals surface area contributed by atoms with Crippen LogP contribution in [0.25, 0.3) is 5.69 Å². The van der Waals surface area contributed by atoms with E-state index in [2.05, 4.69) is 25.9 Å². The molecule has 0 aliphatic carbocycles. The van der Waals surface area contributed by atoms with Crippen molar-refractivity contribution in [1.82, 2.24) is 30.0 Å². The van der Waals surface area contributed by atoms with Crippen molar-refractivity contribution in [3.05, 3.63) is 48.5 Å². The summed E-state index contributed by atoms with van der Waals surface area (Å²) in [5.41, 5.74) is 1.95. The van der Waals surface area contributed by atoms with E-state index in [1.807, 2.05) is 0 Å². The number of hydrogen-bond donors (Lipinski definition) is 1. The second-order valence-electron chi connectivity index (χ2n) is 4.99. The lowest BCUT2D eigenvalue weighted by atomic mass is 10.1. The van der Waals surface area contributed by atoms with Crippen molar-refractivity contribution in [3.8, 4) is 5.69 Å². The maximum Gasteiger partial charge on any atom is 0.257 e. The molecule has 10 heteroatoms. The molecular weight excluding hydrogens is 320 g/mol. The zero-order valence-electron chi connectivity index (χ0n) is 12.4. The number of rotatable bonds is 6. The molecule has 0 bridgehead atoms. The van der Waals surface area contributed by atoms with E-state index in [1.54, 1.807) is 24.3 Å². The van der Waals surface area contributed by atoms with Crippen molar-refractivity contribution in [1.29, 1.82) is 0 Å². The number of alkyl halides is 2. The first kappa shape index (κ1) is 15.7. The molecule has 2 heterocycles. The van der Waals surface area contributed by atoms with Crippen LogP contribution in [-0.4, -0.2) is 42.3 Å². The molecule has 0 radical (unpaired) electrons. The summed E-state index contributed by atoms with van der Waals surface area (Å²) in [6, 6.07) is 7.16. The molecule has 0 aliphatic heterocycles. The molecule has 124 valence electrons. The predicted octanol–water partition coefficient (Wildman–Crippen LogP) is 1.31. The number of nitrogens with zero attached hydrogens (tertiary/aromatic N) is 6. The van der Waals surface area contributed by atoms with Crippen molar-refractivity contribution >= 4 is 11.6 Å². The molecule has 0 spiro atoms. The van der Waals surface area contributed by atoms with Gasteiger partial charge >= 0.3 is 0 Å². The number of tetrazole rings is 1. The van der Waals surface area contributed by atoms with E-state index in [-0.39, 0.29) is 12.3 Å². The number of nitrogens with one attached hydrogen (secondary N) is 1. The molecule has 0 atom stereocenters. The van der Waals surface area contributed by atoms with Gasteiger partial charge in [0, 0.05) is 6.20 Å². The predicted molar refractivity (Wildman–Crippen MR) is 79.7 cm³/mol. The van der Waals surface area contributed by atoms with Gasteiger partial charge in [0.15, 0.2) is 0 Å². The van der Waals surface area contributed by atoms with Gasteiger partial charge in [0.1, 0.15) is 12.9 Å². The summed E-state index contributed by atoms with van der Waals surface area (Å²) in [5.74, 6) is -0.262. The normalized spacial score (nSPS) is 11.0. The Morgan fingerprint density at radius 3 is 2.71 bits per heavy atom. The fourth-order valence-corrected chi connectivity index (χ4v) is 2.11. The topological polar surface area (TPSA) is 90.5 Å². The minimum Gasteiger partial charge on any atom is -0.323 e. The molecule has 3 rings (SSSR count). The van der Waals surface area contributed by atoms with Crippen LogP contribution in [-0.2, 0) is 17.8 Å². The van der Waals surface area contributed by atoms with E-state index < -0.39 is 13.0 Å². The van der Waals surface area contributed by atoms with Gasteiger partial charge < -0.3 is 5.32 Å². The van der Waals surface area contributed by atoms with Gasteiger partial charge in [0.2, 0.25) is 5.91 Å². The van der Waals surface area contributed by atoms with Crippen LogP contribution < -0.4 is 5.32 Å². The van der Waals surface area contributed by atoms with Crippen LogP contribution in [0.4, 0.5) is 14.5 Å². The van der Waals surface area contributed by atoms with Crippen LogP contribution in [0.3, 0.4) is 0 Å². The molecule has 1 N–H and O–H groups in total. The standard InChI is InChI=1S/C14H13F2N7O/c15-13(16)8-22-7-11(6-18-22)19-14(24)5-10-1-3-12(4-2-10)23-9-17-20-21-23/h1-4,6-7,9,13H,5,8H2,(H,19,24). The lowest BCUT2D eigenvalue weighted by Crippen LogP contribution is -2.14. The molecule has 1 amide bonds. The summed E-state index contributed by atoms with van der Waals surface area (Å²) in [6.07, 6.45) is 1.83. The molecule has 2 aromatic heterocycles. The quantitative estimate of drug-likeness (QED) is 0.734. The van der Waals surface area contributed by atoms with Crippen molar-refractivity contribution in [2.45, 2.75) is 19.4 Å². The zero-order chi connectivity index (χ0) is 16.9. The molecule has 3 aromatic rings. The van der Waals surface area contributed by atoms with Crippen LogP contribution in [0.1, 0.15) is 5.56 Å². The van der Waals surface area contributed by atoms with E-state index in [1.165, 1.54) is 23.4 Å². The first-order valence-electron chi connectivity index (χ1n) is 7.03. The molecule has 1 aromatic carbocycles. The van der Waals surface area contributed by atoms with Crippen LogP contribution in [0.15, 0.2) is 43.0 Å². The molecule has 8 nitrogen and oxygen atoms in total. The minimum absolute atomic E-state index is 0.149. The SMILES string of the molecule is O=C(Cc1ccc(-n2cnnn2)cc1)Nc1cnn(CC(F)F)c1. The highest BCUT2D eigenvalue weighted by atomic mass is 19.3. The molecule has 24 heavy (non-hydrogen) atoms. The van der Waals surface area contributed by atoms with E-state index in [0.29, 0.717) is 5.69 Å². The minimum atomic E-state index is -2.49. The Labute approximate surface area is 135 Å². The summed E-state index contributed by atoms with van der Waals surface area (Å²) >= 11 is 0. The number of anilines is 1. The number of aromatic nitrogens is 6. The Kier molecular flexibility index (Phi) is 4.54. The van der Waals surface area contributed by atoms with Crippen LogP contribution in [0.2, 0.25) is 0 Å². The van der Waals surface area contributed by atoms with Crippen LogP contribution >= 0.6 is 0 Å². The molecule has 0 aliphatic rings. The van der Waals surface area contributed by atoms with Gasteiger partial charge in [-0.3, -0.25) is 9.48 Å². The summed E-state index contributed by atoms with van der Waals surface area (Å²) in [6.45, 7) is -0.505. The fourth-order valence-electron chi connectivity index (χ4n) is 2.11. The third-order valence-corrected chi connectivity index (χ3v) is 3.16. The van der Waals surface area contributed by atoms with Gasteiger partial charge in [-0.15, -0.1) is 5.10 Å².